The van der Waals surface area contributed by atoms with E-state index >= 15 is 0 Å². The van der Waals surface area contributed by atoms with Crippen LogP contribution in [-0.4, -0.2) is 16.1 Å². The highest BCUT2D eigenvalue weighted by atomic mass is 35.5. The van der Waals surface area contributed by atoms with Crippen LogP contribution in [0.15, 0.2) is 54.7 Å². The van der Waals surface area contributed by atoms with Crippen molar-refractivity contribution < 1.29 is 14.6 Å². The van der Waals surface area contributed by atoms with Crippen molar-refractivity contribution in [3.05, 3.63) is 65.4 Å². The molecule has 4 nitrogen and oxygen atoms in total. The number of hydrogen-bond acceptors (Lipinski definition) is 3. The molecule has 0 bridgehead atoms. The van der Waals surface area contributed by atoms with E-state index < -0.39 is 5.97 Å². The minimum absolute atomic E-state index is 0.0247. The number of ether oxygens (including phenoxy) is 1. The van der Waals surface area contributed by atoms with Crippen molar-refractivity contribution in [3.63, 3.8) is 0 Å². The van der Waals surface area contributed by atoms with E-state index in [0.717, 1.165) is 10.8 Å². The lowest BCUT2D eigenvalue weighted by atomic mass is 10.1. The highest BCUT2D eigenvalue weighted by Crippen LogP contribution is 2.33. The maximum absolute atomic E-state index is 10.8. The zero-order valence-corrected chi connectivity index (χ0v) is 11.5. The van der Waals surface area contributed by atoms with Crippen molar-refractivity contribution in [2.45, 2.75) is 0 Å². The van der Waals surface area contributed by atoms with E-state index in [1.165, 1.54) is 12.3 Å². The Morgan fingerprint density at radius 1 is 1.05 bits per heavy atom. The number of nitrogens with zero attached hydrogens (tertiary/aromatic N) is 1. The molecule has 0 amide bonds. The van der Waals surface area contributed by atoms with E-state index in [0.29, 0.717) is 16.5 Å². The summed E-state index contributed by atoms with van der Waals surface area (Å²) in [6.07, 6.45) is 1.38. The Bertz CT molecular complexity index is 815. The number of carboxylic acids is 1. The summed E-state index contributed by atoms with van der Waals surface area (Å²) in [4.78, 5) is 14.6. The first-order chi connectivity index (χ1) is 10.1. The summed E-state index contributed by atoms with van der Waals surface area (Å²) in [5.41, 5.74) is -0.0247. The average molecular weight is 300 g/mol. The fourth-order valence-electron chi connectivity index (χ4n) is 2.02. The van der Waals surface area contributed by atoms with Gasteiger partial charge in [-0.2, -0.15) is 0 Å². The molecule has 0 unspecified atom stereocenters. The number of aromatic carboxylic acids is 1. The number of benzene rings is 2. The number of halogens is 1. The second-order valence-corrected chi connectivity index (χ2v) is 4.78. The van der Waals surface area contributed by atoms with Crippen molar-refractivity contribution in [2.24, 2.45) is 0 Å². The van der Waals surface area contributed by atoms with Crippen LogP contribution in [-0.2, 0) is 0 Å². The van der Waals surface area contributed by atoms with Gasteiger partial charge in [-0.1, -0.05) is 35.9 Å². The molecule has 0 fully saturated rings. The zero-order valence-electron chi connectivity index (χ0n) is 10.8. The molecule has 1 N–H and O–H groups in total. The Morgan fingerprint density at radius 2 is 1.81 bits per heavy atom. The number of rotatable bonds is 3. The van der Waals surface area contributed by atoms with Gasteiger partial charge in [0.25, 0.3) is 0 Å². The van der Waals surface area contributed by atoms with Crippen LogP contribution in [0.1, 0.15) is 10.5 Å². The van der Waals surface area contributed by atoms with Gasteiger partial charge in [0.2, 0.25) is 0 Å². The number of fused-ring (bicyclic) bond motifs is 1. The number of hydrogen-bond donors (Lipinski definition) is 1. The van der Waals surface area contributed by atoms with Gasteiger partial charge in [0.05, 0.1) is 6.20 Å². The Morgan fingerprint density at radius 3 is 2.48 bits per heavy atom. The molecule has 3 aromatic rings. The van der Waals surface area contributed by atoms with Gasteiger partial charge < -0.3 is 9.84 Å². The quantitative estimate of drug-likeness (QED) is 0.779. The first kappa shape index (κ1) is 13.4. The predicted molar refractivity (Wildman–Crippen MR) is 80.2 cm³/mol. The van der Waals surface area contributed by atoms with Gasteiger partial charge in [0.15, 0.2) is 0 Å². The standard InChI is InChI=1S/C16H10ClNO3/c17-13-6-8-15(12-4-2-1-3-11(12)13)21-10-5-7-14(16(19)20)18-9-10/h1-9H,(H,19,20). The van der Waals surface area contributed by atoms with Gasteiger partial charge in [-0.05, 0) is 24.3 Å². The SMILES string of the molecule is O=C(O)c1ccc(Oc2ccc(Cl)c3ccccc23)cn1. The third kappa shape index (κ3) is 2.66. The fraction of sp³-hybridized carbons (Fsp3) is 0. The lowest BCUT2D eigenvalue weighted by Crippen LogP contribution is -1.99. The second-order valence-electron chi connectivity index (χ2n) is 4.38. The summed E-state index contributed by atoms with van der Waals surface area (Å²) >= 11 is 6.15. The van der Waals surface area contributed by atoms with Gasteiger partial charge in [0, 0.05) is 15.8 Å². The van der Waals surface area contributed by atoms with Crippen molar-refractivity contribution in [1.82, 2.24) is 4.98 Å². The van der Waals surface area contributed by atoms with Gasteiger partial charge >= 0.3 is 5.97 Å². The molecule has 1 aromatic heterocycles. The van der Waals surface area contributed by atoms with Crippen molar-refractivity contribution in [3.8, 4) is 11.5 Å². The summed E-state index contributed by atoms with van der Waals surface area (Å²) in [5.74, 6) is 0.0332. The smallest absolute Gasteiger partial charge is 0.354 e. The topological polar surface area (TPSA) is 59.4 Å². The highest BCUT2D eigenvalue weighted by molar-refractivity contribution is 6.35. The first-order valence-electron chi connectivity index (χ1n) is 6.19. The van der Waals surface area contributed by atoms with Crippen molar-refractivity contribution >= 4 is 28.3 Å². The van der Waals surface area contributed by atoms with Crippen molar-refractivity contribution in [2.75, 3.05) is 0 Å². The molecule has 3 rings (SSSR count). The monoisotopic (exact) mass is 299 g/mol. The minimum atomic E-state index is -1.07. The lowest BCUT2D eigenvalue weighted by molar-refractivity contribution is 0.0690. The lowest BCUT2D eigenvalue weighted by Gasteiger charge is -2.09. The van der Waals surface area contributed by atoms with E-state index in [4.69, 9.17) is 21.4 Å². The maximum atomic E-state index is 10.8. The van der Waals surface area contributed by atoms with Crippen LogP contribution in [0.5, 0.6) is 11.5 Å². The summed E-state index contributed by atoms with van der Waals surface area (Å²) in [7, 11) is 0. The van der Waals surface area contributed by atoms with Gasteiger partial charge in [-0.15, -0.1) is 0 Å². The summed E-state index contributed by atoms with van der Waals surface area (Å²) in [6, 6.07) is 14.1. The molecule has 0 aliphatic heterocycles. The van der Waals surface area contributed by atoms with Crippen LogP contribution in [0.2, 0.25) is 5.02 Å². The number of aromatic nitrogens is 1. The Balaban J connectivity index is 1.98. The van der Waals surface area contributed by atoms with Crippen molar-refractivity contribution in [1.29, 1.82) is 0 Å². The van der Waals surface area contributed by atoms with E-state index in [-0.39, 0.29) is 5.69 Å². The van der Waals surface area contributed by atoms with Crippen LogP contribution in [0, 0.1) is 0 Å². The van der Waals surface area contributed by atoms with Crippen LogP contribution in [0.3, 0.4) is 0 Å². The zero-order chi connectivity index (χ0) is 14.8. The largest absolute Gasteiger partial charge is 0.477 e. The molecular formula is C16H10ClNO3. The van der Waals surface area contributed by atoms with Crippen LogP contribution >= 0.6 is 11.6 Å². The molecule has 0 saturated carbocycles. The van der Waals surface area contributed by atoms with Gasteiger partial charge in [-0.25, -0.2) is 9.78 Å². The minimum Gasteiger partial charge on any atom is -0.477 e. The van der Waals surface area contributed by atoms with Crippen LogP contribution in [0.25, 0.3) is 10.8 Å². The molecule has 0 aliphatic carbocycles. The molecule has 0 saturated heterocycles. The molecule has 21 heavy (non-hydrogen) atoms. The van der Waals surface area contributed by atoms with Crippen LogP contribution < -0.4 is 4.74 Å². The van der Waals surface area contributed by atoms with E-state index in [1.807, 2.05) is 24.3 Å². The average Bonchev–Trinajstić information content (AvgIpc) is 2.51. The molecule has 0 spiro atoms. The third-order valence-corrected chi connectivity index (χ3v) is 3.34. The first-order valence-corrected chi connectivity index (χ1v) is 6.57. The molecule has 0 aliphatic rings. The predicted octanol–water partition coefficient (Wildman–Crippen LogP) is 4.38. The Labute approximate surface area is 125 Å². The summed E-state index contributed by atoms with van der Waals surface area (Å²) < 4.78 is 5.77. The third-order valence-electron chi connectivity index (χ3n) is 3.01. The normalized spacial score (nSPS) is 10.5. The van der Waals surface area contributed by atoms with Gasteiger partial charge in [-0.3, -0.25) is 0 Å². The molecule has 0 atom stereocenters. The molecule has 0 radical (unpaired) electrons. The maximum Gasteiger partial charge on any atom is 0.354 e. The second kappa shape index (κ2) is 5.42. The summed E-state index contributed by atoms with van der Waals surface area (Å²) in [5, 5.41) is 11.2. The molecule has 2 aromatic carbocycles. The van der Waals surface area contributed by atoms with Crippen LogP contribution in [0.4, 0.5) is 0 Å². The fourth-order valence-corrected chi connectivity index (χ4v) is 2.25. The highest BCUT2D eigenvalue weighted by Gasteiger charge is 2.08. The number of pyridine rings is 1. The number of carbonyl (C=O) groups is 1. The Hall–Kier alpha value is -2.59. The van der Waals surface area contributed by atoms with E-state index in [9.17, 15) is 4.79 Å². The molecular weight excluding hydrogens is 290 g/mol. The Kier molecular flexibility index (Phi) is 3.46. The molecule has 1 heterocycles. The molecule has 104 valence electrons. The van der Waals surface area contributed by atoms with Gasteiger partial charge in [0.1, 0.15) is 17.2 Å². The van der Waals surface area contributed by atoms with E-state index in [2.05, 4.69) is 4.98 Å². The summed E-state index contributed by atoms with van der Waals surface area (Å²) in [6.45, 7) is 0. The number of carboxylic acid groups (broad SMARTS) is 1. The van der Waals surface area contributed by atoms with E-state index in [1.54, 1.807) is 18.2 Å². The molecule has 5 heteroatoms.